The minimum absolute atomic E-state index is 0.00772. The van der Waals surface area contributed by atoms with E-state index in [1.807, 2.05) is 0 Å². The minimum Gasteiger partial charge on any atom is -0.409 e. The molecule has 0 bridgehead atoms. The minimum atomic E-state index is -3.84. The second kappa shape index (κ2) is 4.85. The van der Waals surface area contributed by atoms with E-state index >= 15 is 0 Å². The van der Waals surface area contributed by atoms with Crippen LogP contribution in [0.3, 0.4) is 0 Å². The molecule has 2 aromatic rings. The molecule has 0 unspecified atom stereocenters. The highest BCUT2D eigenvalue weighted by molar-refractivity contribution is 7.92. The van der Waals surface area contributed by atoms with Gasteiger partial charge in [-0.25, -0.2) is 8.42 Å². The van der Waals surface area contributed by atoms with Gasteiger partial charge in [0.2, 0.25) is 0 Å². The number of nitrogens with zero attached hydrogens (tertiary/aromatic N) is 5. The molecular formula is C9H13N7O3S. The zero-order valence-corrected chi connectivity index (χ0v) is 11.5. The van der Waals surface area contributed by atoms with Crippen molar-refractivity contribution in [1.82, 2.24) is 19.6 Å². The number of aryl methyl sites for hydroxylation is 2. The highest BCUT2D eigenvalue weighted by Gasteiger charge is 2.21. The number of sulfonamides is 1. The molecule has 0 radical (unpaired) electrons. The third-order valence-electron chi connectivity index (χ3n) is 2.54. The van der Waals surface area contributed by atoms with Crippen LogP contribution in [0.2, 0.25) is 0 Å². The highest BCUT2D eigenvalue weighted by atomic mass is 32.2. The van der Waals surface area contributed by atoms with Gasteiger partial charge in [0.1, 0.15) is 10.7 Å². The van der Waals surface area contributed by atoms with Crippen LogP contribution in [0.15, 0.2) is 28.6 Å². The van der Waals surface area contributed by atoms with Crippen LogP contribution < -0.4 is 10.5 Å². The molecule has 20 heavy (non-hydrogen) atoms. The predicted octanol–water partition coefficient (Wildman–Crippen LogP) is -0.951. The normalized spacial score (nSPS) is 12.6. The van der Waals surface area contributed by atoms with Gasteiger partial charge in [-0.1, -0.05) is 5.16 Å². The Morgan fingerprint density at radius 2 is 2.10 bits per heavy atom. The number of anilines is 1. The number of aromatic nitrogens is 4. The number of rotatable bonds is 4. The molecule has 0 aliphatic rings. The summed E-state index contributed by atoms with van der Waals surface area (Å²) in [4.78, 5) is -0.00772. The van der Waals surface area contributed by atoms with E-state index in [0.29, 0.717) is 0 Å². The molecule has 10 nitrogen and oxygen atoms in total. The lowest BCUT2D eigenvalue weighted by molar-refractivity contribution is 0.318. The molecule has 2 aromatic heterocycles. The molecule has 0 aliphatic heterocycles. The summed E-state index contributed by atoms with van der Waals surface area (Å²) in [7, 11) is -0.710. The highest BCUT2D eigenvalue weighted by Crippen LogP contribution is 2.18. The molecule has 0 spiro atoms. The molecule has 0 saturated carbocycles. The van der Waals surface area contributed by atoms with Gasteiger partial charge in [-0.2, -0.15) is 10.2 Å². The molecule has 2 rings (SSSR count). The van der Waals surface area contributed by atoms with Crippen molar-refractivity contribution in [3.05, 3.63) is 24.2 Å². The van der Waals surface area contributed by atoms with E-state index < -0.39 is 10.0 Å². The third kappa shape index (κ3) is 2.42. The lowest BCUT2D eigenvalue weighted by Gasteiger charge is -2.08. The van der Waals surface area contributed by atoms with Gasteiger partial charge in [0.15, 0.2) is 5.84 Å². The van der Waals surface area contributed by atoms with E-state index in [1.165, 1.54) is 35.0 Å². The summed E-state index contributed by atoms with van der Waals surface area (Å²) in [6.07, 6.45) is 3.85. The summed E-state index contributed by atoms with van der Waals surface area (Å²) >= 11 is 0. The van der Waals surface area contributed by atoms with Crippen LogP contribution in [-0.4, -0.2) is 39.0 Å². The maximum Gasteiger partial charge on any atom is 0.266 e. The zero-order valence-electron chi connectivity index (χ0n) is 10.7. The first-order valence-electron chi connectivity index (χ1n) is 5.36. The quantitative estimate of drug-likeness (QED) is 0.288. The average Bonchev–Trinajstić information content (AvgIpc) is 2.97. The molecular weight excluding hydrogens is 286 g/mol. The van der Waals surface area contributed by atoms with Gasteiger partial charge >= 0.3 is 0 Å². The summed E-state index contributed by atoms with van der Waals surface area (Å²) in [5, 5.41) is 19.2. The Morgan fingerprint density at radius 1 is 1.40 bits per heavy atom. The lowest BCUT2D eigenvalue weighted by Crippen LogP contribution is -2.20. The molecule has 11 heteroatoms. The van der Waals surface area contributed by atoms with Crippen molar-refractivity contribution in [2.75, 3.05) is 4.72 Å². The van der Waals surface area contributed by atoms with Crippen molar-refractivity contribution in [3.63, 3.8) is 0 Å². The number of nitrogens with one attached hydrogen (secondary N) is 1. The van der Waals surface area contributed by atoms with Crippen molar-refractivity contribution in [2.24, 2.45) is 25.0 Å². The van der Waals surface area contributed by atoms with Crippen LogP contribution in [0.25, 0.3) is 0 Å². The van der Waals surface area contributed by atoms with Crippen molar-refractivity contribution in [3.8, 4) is 0 Å². The number of amidine groups is 1. The molecule has 108 valence electrons. The Balaban J connectivity index is 2.42. The molecule has 0 fully saturated rings. The summed E-state index contributed by atoms with van der Waals surface area (Å²) < 4.78 is 29.3. The average molecular weight is 299 g/mol. The Hall–Kier alpha value is -2.56. The number of hydrogen-bond acceptors (Lipinski definition) is 6. The standard InChI is InChI=1S/C9H13N7O3S/c1-15-5-6(3-11-15)20(18,19)14-9-7(8(10)13-17)4-12-16(9)2/h3-5,14,17H,1-2H3,(H2,10,13). The van der Waals surface area contributed by atoms with Crippen molar-refractivity contribution in [1.29, 1.82) is 0 Å². The Bertz CT molecular complexity index is 758. The second-order valence-electron chi connectivity index (χ2n) is 3.97. The SMILES string of the molecule is Cn1cc(S(=O)(=O)Nc2c(C(N)=NO)cnn2C)cn1. The van der Waals surface area contributed by atoms with Gasteiger partial charge in [-0.05, 0) is 0 Å². The summed E-state index contributed by atoms with van der Waals surface area (Å²) in [6, 6.07) is 0. The van der Waals surface area contributed by atoms with Gasteiger partial charge < -0.3 is 10.9 Å². The van der Waals surface area contributed by atoms with E-state index in [4.69, 9.17) is 10.9 Å². The Kier molecular flexibility index (Phi) is 3.36. The number of hydrogen-bond donors (Lipinski definition) is 3. The first-order chi connectivity index (χ1) is 9.35. The zero-order chi connectivity index (χ0) is 14.9. The van der Waals surface area contributed by atoms with Crippen LogP contribution in [-0.2, 0) is 24.1 Å². The van der Waals surface area contributed by atoms with Crippen molar-refractivity contribution < 1.29 is 13.6 Å². The summed E-state index contributed by atoms with van der Waals surface area (Å²) in [5.74, 6) is -0.161. The first-order valence-corrected chi connectivity index (χ1v) is 6.85. The molecule has 4 N–H and O–H groups in total. The molecule has 0 amide bonds. The van der Waals surface area contributed by atoms with Crippen LogP contribution in [0.4, 0.5) is 5.82 Å². The van der Waals surface area contributed by atoms with Crippen LogP contribution in [0, 0.1) is 0 Å². The van der Waals surface area contributed by atoms with E-state index in [2.05, 4.69) is 20.1 Å². The van der Waals surface area contributed by atoms with E-state index in [0.717, 1.165) is 0 Å². The van der Waals surface area contributed by atoms with E-state index in [-0.39, 0.29) is 22.1 Å². The Labute approximate surface area is 114 Å². The van der Waals surface area contributed by atoms with Gasteiger partial charge in [0, 0.05) is 20.3 Å². The lowest BCUT2D eigenvalue weighted by atomic mass is 10.3. The van der Waals surface area contributed by atoms with Gasteiger partial charge in [0.05, 0.1) is 18.0 Å². The van der Waals surface area contributed by atoms with Gasteiger partial charge in [-0.3, -0.25) is 14.1 Å². The monoisotopic (exact) mass is 299 g/mol. The van der Waals surface area contributed by atoms with Crippen molar-refractivity contribution >= 4 is 21.7 Å². The maximum absolute atomic E-state index is 12.2. The fourth-order valence-corrected chi connectivity index (χ4v) is 2.62. The Morgan fingerprint density at radius 3 is 2.65 bits per heavy atom. The molecule has 0 aromatic carbocycles. The van der Waals surface area contributed by atoms with E-state index in [1.54, 1.807) is 7.05 Å². The number of oxime groups is 1. The first kappa shape index (κ1) is 13.9. The van der Waals surface area contributed by atoms with E-state index in [9.17, 15) is 8.42 Å². The van der Waals surface area contributed by atoms with Gasteiger partial charge in [0.25, 0.3) is 10.0 Å². The van der Waals surface area contributed by atoms with Crippen molar-refractivity contribution in [2.45, 2.75) is 4.90 Å². The topological polar surface area (TPSA) is 140 Å². The van der Waals surface area contributed by atoms with Gasteiger partial charge in [-0.15, -0.1) is 0 Å². The largest absolute Gasteiger partial charge is 0.409 e. The molecule has 0 aliphatic carbocycles. The smallest absolute Gasteiger partial charge is 0.266 e. The van der Waals surface area contributed by atoms with Crippen LogP contribution >= 0.6 is 0 Å². The van der Waals surface area contributed by atoms with Crippen LogP contribution in [0.1, 0.15) is 5.56 Å². The third-order valence-corrected chi connectivity index (χ3v) is 3.84. The maximum atomic E-state index is 12.2. The number of nitrogens with two attached hydrogens (primary N) is 1. The fraction of sp³-hybridized carbons (Fsp3) is 0.222. The summed E-state index contributed by atoms with van der Waals surface area (Å²) in [5.41, 5.74) is 5.63. The predicted molar refractivity (Wildman–Crippen MR) is 69.7 cm³/mol. The molecule has 0 saturated heterocycles. The summed E-state index contributed by atoms with van der Waals surface area (Å²) in [6.45, 7) is 0. The molecule has 0 atom stereocenters. The second-order valence-corrected chi connectivity index (χ2v) is 5.65. The fourth-order valence-electron chi connectivity index (χ4n) is 1.52. The molecule has 2 heterocycles. The van der Waals surface area contributed by atoms with Crippen LogP contribution in [0.5, 0.6) is 0 Å².